The SMILES string of the molecule is Cc1ccccc1Oc1nc(C(C)(C)C)nc(N)c1C. The summed E-state index contributed by atoms with van der Waals surface area (Å²) in [5, 5.41) is 0. The zero-order chi connectivity index (χ0) is 14.9. The second-order valence-corrected chi connectivity index (χ2v) is 5.98. The Hall–Kier alpha value is -2.10. The molecule has 0 aliphatic carbocycles. The molecule has 0 saturated carbocycles. The fourth-order valence-corrected chi connectivity index (χ4v) is 1.72. The van der Waals surface area contributed by atoms with Gasteiger partial charge in [-0.3, -0.25) is 0 Å². The number of aryl methyl sites for hydroxylation is 1. The first-order valence-electron chi connectivity index (χ1n) is 6.67. The van der Waals surface area contributed by atoms with E-state index >= 15 is 0 Å². The Balaban J connectivity index is 2.46. The van der Waals surface area contributed by atoms with Gasteiger partial charge in [0.25, 0.3) is 0 Å². The first kappa shape index (κ1) is 14.3. The van der Waals surface area contributed by atoms with Gasteiger partial charge in [-0.15, -0.1) is 0 Å². The van der Waals surface area contributed by atoms with Crippen molar-refractivity contribution < 1.29 is 4.74 Å². The van der Waals surface area contributed by atoms with Gasteiger partial charge in [0, 0.05) is 5.41 Å². The quantitative estimate of drug-likeness (QED) is 0.903. The highest BCUT2D eigenvalue weighted by Crippen LogP contribution is 2.30. The number of nitrogens with zero attached hydrogens (tertiary/aromatic N) is 2. The first-order valence-corrected chi connectivity index (χ1v) is 6.67. The molecule has 2 aromatic rings. The van der Waals surface area contributed by atoms with Crippen LogP contribution in [0.5, 0.6) is 11.6 Å². The minimum atomic E-state index is -0.175. The van der Waals surface area contributed by atoms with Gasteiger partial charge in [0.1, 0.15) is 17.4 Å². The molecule has 4 nitrogen and oxygen atoms in total. The van der Waals surface area contributed by atoms with Crippen molar-refractivity contribution in [1.29, 1.82) is 0 Å². The van der Waals surface area contributed by atoms with Crippen LogP contribution in [0.15, 0.2) is 24.3 Å². The van der Waals surface area contributed by atoms with Gasteiger partial charge in [-0.25, -0.2) is 4.98 Å². The van der Waals surface area contributed by atoms with E-state index < -0.39 is 0 Å². The summed E-state index contributed by atoms with van der Waals surface area (Å²) in [6.07, 6.45) is 0. The van der Waals surface area contributed by atoms with Gasteiger partial charge in [-0.05, 0) is 25.5 Å². The van der Waals surface area contributed by atoms with Crippen LogP contribution in [0.4, 0.5) is 5.82 Å². The Morgan fingerprint density at radius 3 is 2.30 bits per heavy atom. The highest BCUT2D eigenvalue weighted by atomic mass is 16.5. The van der Waals surface area contributed by atoms with E-state index in [0.29, 0.717) is 17.5 Å². The molecule has 0 aliphatic heterocycles. The molecule has 20 heavy (non-hydrogen) atoms. The van der Waals surface area contributed by atoms with Gasteiger partial charge in [-0.1, -0.05) is 39.0 Å². The number of hydrogen-bond donors (Lipinski definition) is 1. The summed E-state index contributed by atoms with van der Waals surface area (Å²) in [5.41, 5.74) is 7.63. The predicted molar refractivity (Wildman–Crippen MR) is 81.1 cm³/mol. The average Bonchev–Trinajstić information content (AvgIpc) is 2.36. The normalized spacial score (nSPS) is 11.4. The number of nitrogens with two attached hydrogens (primary N) is 1. The summed E-state index contributed by atoms with van der Waals surface area (Å²) in [5.74, 6) is 2.46. The van der Waals surface area contributed by atoms with Crippen LogP contribution in [0, 0.1) is 13.8 Å². The van der Waals surface area contributed by atoms with Crippen LogP contribution in [0.3, 0.4) is 0 Å². The number of para-hydroxylation sites is 1. The molecule has 0 aliphatic rings. The molecule has 106 valence electrons. The molecule has 0 spiro atoms. The molecule has 2 N–H and O–H groups in total. The van der Waals surface area contributed by atoms with Crippen LogP contribution in [0.25, 0.3) is 0 Å². The Kier molecular flexibility index (Phi) is 3.66. The standard InChI is InChI=1S/C16H21N3O/c1-10-8-6-7-9-12(10)20-14-11(2)13(17)18-15(19-14)16(3,4)5/h6-9H,1-5H3,(H2,17,18,19). The molecular formula is C16H21N3O. The summed E-state index contributed by atoms with van der Waals surface area (Å²) >= 11 is 0. The van der Waals surface area contributed by atoms with Gasteiger partial charge in [0.2, 0.25) is 5.88 Å². The lowest BCUT2D eigenvalue weighted by atomic mass is 9.95. The minimum Gasteiger partial charge on any atom is -0.438 e. The second-order valence-electron chi connectivity index (χ2n) is 5.98. The highest BCUT2D eigenvalue weighted by molar-refractivity contribution is 5.47. The maximum absolute atomic E-state index is 5.98. The molecule has 1 aromatic carbocycles. The van der Waals surface area contributed by atoms with E-state index in [-0.39, 0.29) is 5.41 Å². The molecule has 0 bridgehead atoms. The predicted octanol–water partition coefficient (Wildman–Crippen LogP) is 3.77. The molecule has 0 fully saturated rings. The van der Waals surface area contributed by atoms with Crippen molar-refractivity contribution in [3.05, 3.63) is 41.2 Å². The molecule has 0 amide bonds. The van der Waals surface area contributed by atoms with Crippen molar-refractivity contribution in [2.75, 3.05) is 5.73 Å². The zero-order valence-electron chi connectivity index (χ0n) is 12.7. The lowest BCUT2D eigenvalue weighted by Gasteiger charge is -2.19. The van der Waals surface area contributed by atoms with Crippen LogP contribution < -0.4 is 10.5 Å². The number of rotatable bonds is 2. The van der Waals surface area contributed by atoms with Crippen molar-refractivity contribution in [2.45, 2.75) is 40.0 Å². The number of aromatic nitrogens is 2. The minimum absolute atomic E-state index is 0.175. The molecule has 0 saturated heterocycles. The molecule has 1 heterocycles. The Morgan fingerprint density at radius 2 is 1.70 bits per heavy atom. The topological polar surface area (TPSA) is 61.0 Å². The number of nitrogen functional groups attached to an aromatic ring is 1. The molecule has 0 atom stereocenters. The molecule has 4 heteroatoms. The first-order chi connectivity index (χ1) is 9.29. The van der Waals surface area contributed by atoms with Crippen molar-refractivity contribution in [3.8, 4) is 11.6 Å². The van der Waals surface area contributed by atoms with Crippen LogP contribution in [-0.4, -0.2) is 9.97 Å². The molecule has 0 radical (unpaired) electrons. The molecule has 1 aromatic heterocycles. The smallest absolute Gasteiger partial charge is 0.227 e. The van der Waals surface area contributed by atoms with Gasteiger partial charge in [-0.2, -0.15) is 4.98 Å². The Morgan fingerprint density at radius 1 is 1.05 bits per heavy atom. The van der Waals surface area contributed by atoms with E-state index in [1.165, 1.54) is 0 Å². The van der Waals surface area contributed by atoms with E-state index in [9.17, 15) is 0 Å². The second kappa shape index (κ2) is 5.12. The summed E-state index contributed by atoms with van der Waals surface area (Å²) in [6.45, 7) is 10.0. The monoisotopic (exact) mass is 271 g/mol. The van der Waals surface area contributed by atoms with E-state index in [4.69, 9.17) is 10.5 Å². The van der Waals surface area contributed by atoms with Crippen LogP contribution in [-0.2, 0) is 5.41 Å². The van der Waals surface area contributed by atoms with E-state index in [1.54, 1.807) is 0 Å². The summed E-state index contributed by atoms with van der Waals surface area (Å²) < 4.78 is 5.93. The summed E-state index contributed by atoms with van der Waals surface area (Å²) in [6, 6.07) is 7.83. The Labute approximate surface area is 120 Å². The van der Waals surface area contributed by atoms with E-state index in [0.717, 1.165) is 16.9 Å². The Bertz CT molecular complexity index is 630. The van der Waals surface area contributed by atoms with Crippen molar-refractivity contribution in [1.82, 2.24) is 9.97 Å². The largest absolute Gasteiger partial charge is 0.438 e. The molecular weight excluding hydrogens is 250 g/mol. The molecule has 0 unspecified atom stereocenters. The summed E-state index contributed by atoms with van der Waals surface area (Å²) in [4.78, 5) is 8.88. The number of ether oxygens (including phenoxy) is 1. The maximum atomic E-state index is 5.98. The average molecular weight is 271 g/mol. The van der Waals surface area contributed by atoms with Gasteiger partial charge < -0.3 is 10.5 Å². The zero-order valence-corrected chi connectivity index (χ0v) is 12.7. The lowest BCUT2D eigenvalue weighted by Crippen LogP contribution is -2.18. The third-order valence-electron chi connectivity index (χ3n) is 3.11. The maximum Gasteiger partial charge on any atom is 0.227 e. The third-order valence-corrected chi connectivity index (χ3v) is 3.11. The number of hydrogen-bond acceptors (Lipinski definition) is 4. The number of anilines is 1. The van der Waals surface area contributed by atoms with Crippen LogP contribution >= 0.6 is 0 Å². The fraction of sp³-hybridized carbons (Fsp3) is 0.375. The van der Waals surface area contributed by atoms with Crippen molar-refractivity contribution in [2.24, 2.45) is 0 Å². The van der Waals surface area contributed by atoms with E-state index in [1.807, 2.05) is 38.1 Å². The number of benzene rings is 1. The highest BCUT2D eigenvalue weighted by Gasteiger charge is 2.21. The van der Waals surface area contributed by atoms with Crippen molar-refractivity contribution >= 4 is 5.82 Å². The van der Waals surface area contributed by atoms with Gasteiger partial charge in [0.05, 0.1) is 5.56 Å². The fourth-order valence-electron chi connectivity index (χ4n) is 1.72. The summed E-state index contributed by atoms with van der Waals surface area (Å²) in [7, 11) is 0. The third kappa shape index (κ3) is 2.90. The van der Waals surface area contributed by atoms with Crippen LogP contribution in [0.1, 0.15) is 37.7 Å². The van der Waals surface area contributed by atoms with E-state index in [2.05, 4.69) is 30.7 Å². The van der Waals surface area contributed by atoms with Gasteiger partial charge in [0.15, 0.2) is 0 Å². The van der Waals surface area contributed by atoms with Crippen molar-refractivity contribution in [3.63, 3.8) is 0 Å². The van der Waals surface area contributed by atoms with Crippen LogP contribution in [0.2, 0.25) is 0 Å². The lowest BCUT2D eigenvalue weighted by molar-refractivity contribution is 0.440. The van der Waals surface area contributed by atoms with Gasteiger partial charge >= 0.3 is 0 Å². The molecule has 2 rings (SSSR count).